The summed E-state index contributed by atoms with van der Waals surface area (Å²) < 4.78 is 0. The zero-order valence-electron chi connectivity index (χ0n) is 43.5. The second-order valence-corrected chi connectivity index (χ2v) is 24.7. The minimum absolute atomic E-state index is 0.0273. The largest absolute Gasteiger partial charge is 0.335 e. The minimum Gasteiger partial charge on any atom is -0.335 e. The lowest BCUT2D eigenvalue weighted by Gasteiger charge is -2.55. The Morgan fingerprint density at radius 1 is 0.444 bits per heavy atom. The standard InChI is InChI=1S/C68H66BN3/c1-63(2,3)46-32-35-50(36-33-46)70-58-37-34-49(64(4,5)6)42-56(58)69-55-30-21-29-54-62(55)72(65(7)39-19-20-40-67(54,65)47-23-11-9-12-24-47)60-44-51(43-59(70)61(60)69)71-57-31-18-17-28-53(57)68(48-25-13-10-14-26-48)41-38-45-22-15-16-27-52(45)66(68,71)8/h9-18,21-37,42-44H,19-20,38-41H2,1-8H3. The van der Waals surface area contributed by atoms with Gasteiger partial charge in [0.15, 0.2) is 0 Å². The van der Waals surface area contributed by atoms with Crippen LogP contribution in [-0.2, 0) is 33.6 Å². The van der Waals surface area contributed by atoms with Crippen LogP contribution in [0.15, 0.2) is 182 Å². The molecule has 1 saturated carbocycles. The first-order chi connectivity index (χ1) is 34.7. The van der Waals surface area contributed by atoms with Gasteiger partial charge in [0.05, 0.1) is 16.5 Å². The van der Waals surface area contributed by atoms with Gasteiger partial charge < -0.3 is 14.7 Å². The molecule has 8 aromatic carbocycles. The van der Waals surface area contributed by atoms with Gasteiger partial charge in [-0.1, -0.05) is 200 Å². The van der Waals surface area contributed by atoms with Crippen molar-refractivity contribution in [2.75, 3.05) is 14.7 Å². The van der Waals surface area contributed by atoms with Crippen molar-refractivity contribution in [3.05, 3.63) is 226 Å². The topological polar surface area (TPSA) is 9.72 Å². The van der Waals surface area contributed by atoms with Crippen LogP contribution in [0.3, 0.4) is 0 Å². The Labute approximate surface area is 428 Å². The van der Waals surface area contributed by atoms with Gasteiger partial charge in [-0.05, 0) is 148 Å². The first-order valence-electron chi connectivity index (χ1n) is 27.0. The van der Waals surface area contributed by atoms with Crippen LogP contribution in [0, 0.1) is 0 Å². The molecule has 0 spiro atoms. The lowest BCUT2D eigenvalue weighted by molar-refractivity contribution is 0.215. The second kappa shape index (κ2) is 14.9. The summed E-state index contributed by atoms with van der Waals surface area (Å²) in [4.78, 5) is 8.42. The van der Waals surface area contributed by atoms with Gasteiger partial charge in [-0.25, -0.2) is 0 Å². The van der Waals surface area contributed by atoms with Crippen LogP contribution in [0.1, 0.15) is 132 Å². The van der Waals surface area contributed by atoms with Crippen LogP contribution in [0.25, 0.3) is 0 Å². The molecule has 356 valence electrons. The van der Waals surface area contributed by atoms with E-state index < -0.39 is 5.54 Å². The van der Waals surface area contributed by atoms with Crippen LogP contribution in [0.2, 0.25) is 0 Å². The Morgan fingerprint density at radius 3 is 1.78 bits per heavy atom. The fraction of sp³-hybridized carbons (Fsp3) is 0.294. The van der Waals surface area contributed by atoms with E-state index in [-0.39, 0.29) is 33.9 Å². The Kier molecular flexibility index (Phi) is 9.10. The molecule has 4 aliphatic heterocycles. The third-order valence-electron chi connectivity index (χ3n) is 19.3. The van der Waals surface area contributed by atoms with Crippen molar-refractivity contribution < 1.29 is 0 Å². The minimum atomic E-state index is -0.466. The third kappa shape index (κ3) is 5.49. The van der Waals surface area contributed by atoms with Crippen LogP contribution in [0.4, 0.5) is 39.8 Å². The lowest BCUT2D eigenvalue weighted by atomic mass is 9.33. The molecule has 4 heterocycles. The molecule has 8 aromatic rings. The summed E-state index contributed by atoms with van der Waals surface area (Å²) in [6.07, 6.45) is 6.69. The van der Waals surface area contributed by atoms with E-state index in [1.54, 1.807) is 0 Å². The molecule has 0 saturated heterocycles. The van der Waals surface area contributed by atoms with Gasteiger partial charge in [0.1, 0.15) is 0 Å². The average Bonchev–Trinajstić information content (AvgIpc) is 3.81. The number of hydrogen-bond acceptors (Lipinski definition) is 3. The molecular weight excluding hydrogens is 870 g/mol. The van der Waals surface area contributed by atoms with Gasteiger partial charge in [0.25, 0.3) is 6.71 Å². The smallest absolute Gasteiger partial charge is 0.252 e. The van der Waals surface area contributed by atoms with Crippen molar-refractivity contribution in [3.8, 4) is 0 Å². The molecule has 0 N–H and O–H groups in total. The van der Waals surface area contributed by atoms with E-state index in [0.717, 1.165) is 25.7 Å². The van der Waals surface area contributed by atoms with Crippen molar-refractivity contribution in [1.82, 2.24) is 0 Å². The maximum absolute atomic E-state index is 2.94. The highest BCUT2D eigenvalue weighted by Gasteiger charge is 2.66. The Bertz CT molecular complexity index is 3510. The van der Waals surface area contributed by atoms with E-state index in [4.69, 9.17) is 0 Å². The summed E-state index contributed by atoms with van der Waals surface area (Å²) in [7, 11) is 0. The van der Waals surface area contributed by atoms with E-state index in [2.05, 4.69) is 252 Å². The molecular formula is C68H66BN3. The van der Waals surface area contributed by atoms with Crippen molar-refractivity contribution >= 4 is 62.9 Å². The Morgan fingerprint density at radius 2 is 1.06 bits per heavy atom. The second-order valence-electron chi connectivity index (χ2n) is 24.7. The highest BCUT2D eigenvalue weighted by Crippen LogP contribution is 2.68. The summed E-state index contributed by atoms with van der Waals surface area (Å²) in [6, 6.07) is 71.8. The summed E-state index contributed by atoms with van der Waals surface area (Å²) >= 11 is 0. The summed E-state index contributed by atoms with van der Waals surface area (Å²) in [6.45, 7) is 19.4. The van der Waals surface area contributed by atoms with Crippen LogP contribution >= 0.6 is 0 Å². The Hall–Kier alpha value is -6.78. The summed E-state index contributed by atoms with van der Waals surface area (Å²) in [5.41, 5.74) is 23.5. The number of para-hydroxylation sites is 2. The van der Waals surface area contributed by atoms with Gasteiger partial charge in [0, 0.05) is 45.2 Å². The predicted molar refractivity (Wildman–Crippen MR) is 304 cm³/mol. The zero-order valence-corrected chi connectivity index (χ0v) is 43.5. The molecule has 4 unspecified atom stereocenters. The molecule has 0 aromatic heterocycles. The number of rotatable bonds is 4. The highest BCUT2D eigenvalue weighted by atomic mass is 15.3. The fourth-order valence-corrected chi connectivity index (χ4v) is 16.0. The number of hydrogen-bond donors (Lipinski definition) is 0. The lowest BCUT2D eigenvalue weighted by Crippen LogP contribution is -2.65. The number of aryl methyl sites for hydroxylation is 1. The van der Waals surface area contributed by atoms with Gasteiger partial charge in [0.2, 0.25) is 0 Å². The van der Waals surface area contributed by atoms with Crippen LogP contribution < -0.4 is 31.1 Å². The zero-order chi connectivity index (χ0) is 49.2. The number of benzene rings is 8. The maximum Gasteiger partial charge on any atom is 0.252 e. The van der Waals surface area contributed by atoms with Crippen molar-refractivity contribution in [2.24, 2.45) is 0 Å². The first-order valence-corrected chi connectivity index (χ1v) is 27.0. The normalized spacial score (nSPS) is 24.2. The number of fused-ring (bicyclic) bond motifs is 12. The number of nitrogens with zero attached hydrogens (tertiary/aromatic N) is 3. The van der Waals surface area contributed by atoms with E-state index in [9.17, 15) is 0 Å². The predicted octanol–water partition coefficient (Wildman–Crippen LogP) is 15.0. The van der Waals surface area contributed by atoms with Gasteiger partial charge >= 0.3 is 0 Å². The third-order valence-corrected chi connectivity index (χ3v) is 19.3. The fourth-order valence-electron chi connectivity index (χ4n) is 16.0. The molecule has 2 aliphatic carbocycles. The van der Waals surface area contributed by atoms with E-state index in [1.807, 2.05) is 0 Å². The Balaban J connectivity index is 1.13. The molecule has 4 atom stereocenters. The van der Waals surface area contributed by atoms with Gasteiger partial charge in [-0.3, -0.25) is 0 Å². The maximum atomic E-state index is 2.94. The quantitative estimate of drug-likeness (QED) is 0.163. The molecule has 0 bridgehead atoms. The van der Waals surface area contributed by atoms with Crippen molar-refractivity contribution in [2.45, 2.75) is 127 Å². The molecule has 0 amide bonds. The summed E-state index contributed by atoms with van der Waals surface area (Å²) in [5, 5.41) is 0. The van der Waals surface area contributed by atoms with Crippen molar-refractivity contribution in [1.29, 1.82) is 0 Å². The number of anilines is 7. The van der Waals surface area contributed by atoms with E-state index in [1.165, 1.54) is 114 Å². The van der Waals surface area contributed by atoms with Crippen LogP contribution in [-0.4, -0.2) is 12.3 Å². The van der Waals surface area contributed by atoms with Crippen LogP contribution in [0.5, 0.6) is 0 Å². The molecule has 72 heavy (non-hydrogen) atoms. The average molecular weight is 936 g/mol. The molecule has 0 radical (unpaired) electrons. The van der Waals surface area contributed by atoms with E-state index >= 15 is 0 Å². The highest BCUT2D eigenvalue weighted by molar-refractivity contribution is 7.00. The summed E-state index contributed by atoms with van der Waals surface area (Å²) in [5.74, 6) is 0. The first kappa shape index (κ1) is 44.0. The molecule has 4 heteroatoms. The van der Waals surface area contributed by atoms with Gasteiger partial charge in [-0.2, -0.15) is 0 Å². The SMILES string of the molecule is CC(C)(C)c1ccc(N2c3ccc(C(C)(C)C)cc3B3c4cccc5c4N(c4cc(N6c7ccccc7C7(c8ccccc8)CCc8ccccc8C67C)cc2c43)C2(C)CCCCC52c2ccccc2)cc1. The molecule has 6 aliphatic rings. The molecule has 3 nitrogen and oxygen atoms in total. The molecule has 1 fully saturated rings. The van der Waals surface area contributed by atoms with Crippen molar-refractivity contribution in [3.63, 3.8) is 0 Å². The van der Waals surface area contributed by atoms with Gasteiger partial charge in [-0.15, -0.1) is 0 Å². The molecule has 14 rings (SSSR count). The monoisotopic (exact) mass is 936 g/mol. The van der Waals surface area contributed by atoms with E-state index in [0.29, 0.717) is 0 Å².